The summed E-state index contributed by atoms with van der Waals surface area (Å²) in [4.78, 5) is 25.4. The lowest BCUT2D eigenvalue weighted by molar-refractivity contribution is -0.383. The van der Waals surface area contributed by atoms with E-state index in [9.17, 15) is 32.5 Å². The quantitative estimate of drug-likeness (QED) is 0.292. The van der Waals surface area contributed by atoms with E-state index in [1.54, 1.807) is 6.07 Å². The van der Waals surface area contributed by atoms with Crippen molar-refractivity contribution in [1.29, 1.82) is 0 Å². The highest BCUT2D eigenvalue weighted by atomic mass is 19.4. The number of halogens is 4. The van der Waals surface area contributed by atoms with Gasteiger partial charge in [-0.1, -0.05) is 24.3 Å². The number of amides is 1. The number of carbonyl (C=O) groups excluding carboxylic acids is 1. The van der Waals surface area contributed by atoms with E-state index in [-0.39, 0.29) is 17.8 Å². The van der Waals surface area contributed by atoms with Crippen molar-refractivity contribution in [2.45, 2.75) is 25.6 Å². The lowest BCUT2D eigenvalue weighted by atomic mass is 10.1. The molecule has 0 saturated carbocycles. The minimum Gasteiger partial charge on any atom is -0.366 e. The largest absolute Gasteiger partial charge is 0.416 e. The van der Waals surface area contributed by atoms with E-state index in [1.165, 1.54) is 42.5 Å². The molecule has 1 heterocycles. The summed E-state index contributed by atoms with van der Waals surface area (Å²) in [6.45, 7) is 0.819. The summed E-state index contributed by atoms with van der Waals surface area (Å²) in [6.07, 6.45) is -3.93. The Hall–Kier alpha value is -3.95. The van der Waals surface area contributed by atoms with Gasteiger partial charge in [0.15, 0.2) is 0 Å². The fourth-order valence-electron chi connectivity index (χ4n) is 3.91. The number of anilines is 2. The number of carbonyl (C=O) groups is 1. The molecule has 34 heavy (non-hydrogen) atoms. The zero-order valence-electron chi connectivity index (χ0n) is 17.7. The summed E-state index contributed by atoms with van der Waals surface area (Å²) in [7, 11) is 0. The number of rotatable bonds is 6. The van der Waals surface area contributed by atoms with Crippen LogP contribution in [0, 0.1) is 15.9 Å². The van der Waals surface area contributed by atoms with Gasteiger partial charge in [-0.05, 0) is 53.4 Å². The molecular formula is C24H19F4N3O3. The predicted molar refractivity (Wildman–Crippen MR) is 118 cm³/mol. The average Bonchev–Trinajstić information content (AvgIpc) is 3.16. The third-order valence-corrected chi connectivity index (χ3v) is 5.59. The normalized spacial score (nSPS) is 13.0. The predicted octanol–water partition coefficient (Wildman–Crippen LogP) is 5.50. The number of nitrogens with one attached hydrogen (secondary N) is 1. The number of nitro groups is 1. The molecule has 0 saturated heterocycles. The molecule has 176 valence electrons. The van der Waals surface area contributed by atoms with Gasteiger partial charge in [-0.2, -0.15) is 13.2 Å². The first-order chi connectivity index (χ1) is 16.1. The summed E-state index contributed by atoms with van der Waals surface area (Å²) in [5.41, 5.74) is 1.62. The van der Waals surface area contributed by atoms with Gasteiger partial charge < -0.3 is 10.2 Å². The van der Waals surface area contributed by atoms with E-state index >= 15 is 0 Å². The molecule has 3 aromatic rings. The van der Waals surface area contributed by atoms with Gasteiger partial charge in [-0.15, -0.1) is 0 Å². The molecule has 0 aromatic heterocycles. The molecule has 0 aliphatic carbocycles. The van der Waals surface area contributed by atoms with Crippen molar-refractivity contribution < 1.29 is 27.3 Å². The van der Waals surface area contributed by atoms with Crippen LogP contribution in [0.15, 0.2) is 60.7 Å². The summed E-state index contributed by atoms with van der Waals surface area (Å²) in [6, 6.07) is 13.1. The van der Waals surface area contributed by atoms with Crippen molar-refractivity contribution in [2.24, 2.45) is 0 Å². The van der Waals surface area contributed by atoms with Crippen LogP contribution in [-0.2, 0) is 30.4 Å². The van der Waals surface area contributed by atoms with Gasteiger partial charge >= 0.3 is 6.18 Å². The van der Waals surface area contributed by atoms with E-state index in [0.717, 1.165) is 17.7 Å². The minimum atomic E-state index is -4.42. The Morgan fingerprint density at radius 2 is 1.68 bits per heavy atom. The number of hydrogen-bond donors (Lipinski definition) is 1. The molecule has 0 fully saturated rings. The Morgan fingerprint density at radius 3 is 2.29 bits per heavy atom. The summed E-state index contributed by atoms with van der Waals surface area (Å²) in [5.74, 6) is -0.909. The van der Waals surface area contributed by atoms with Crippen LogP contribution in [-0.4, -0.2) is 17.4 Å². The second-order valence-corrected chi connectivity index (χ2v) is 7.97. The SMILES string of the molecule is O=C(Cc1ccc(F)cc1)Nc1cc2c(cc1[N+](=O)[O-])N(Cc1ccc(C(F)(F)F)cc1)CC2. The Morgan fingerprint density at radius 1 is 1.03 bits per heavy atom. The molecular weight excluding hydrogens is 454 g/mol. The second-order valence-electron chi connectivity index (χ2n) is 7.97. The third-order valence-electron chi connectivity index (χ3n) is 5.59. The van der Waals surface area contributed by atoms with Crippen molar-refractivity contribution in [2.75, 3.05) is 16.8 Å². The highest BCUT2D eigenvalue weighted by Crippen LogP contribution is 2.38. The number of fused-ring (bicyclic) bond motifs is 1. The molecule has 0 unspecified atom stereocenters. The molecule has 0 spiro atoms. The molecule has 0 atom stereocenters. The number of nitrogens with zero attached hydrogens (tertiary/aromatic N) is 2. The molecule has 1 aliphatic heterocycles. The molecule has 0 bridgehead atoms. The van der Waals surface area contributed by atoms with Crippen LogP contribution in [0.3, 0.4) is 0 Å². The summed E-state index contributed by atoms with van der Waals surface area (Å²) in [5, 5.41) is 14.3. The third kappa shape index (κ3) is 5.16. The van der Waals surface area contributed by atoms with E-state index in [2.05, 4.69) is 5.32 Å². The van der Waals surface area contributed by atoms with Gasteiger partial charge in [0, 0.05) is 24.8 Å². The van der Waals surface area contributed by atoms with Crippen molar-refractivity contribution in [3.63, 3.8) is 0 Å². The monoisotopic (exact) mass is 473 g/mol. The van der Waals surface area contributed by atoms with Crippen LogP contribution in [0.5, 0.6) is 0 Å². The first kappa shape index (κ1) is 23.2. The van der Waals surface area contributed by atoms with Gasteiger partial charge in [-0.25, -0.2) is 4.39 Å². The van der Waals surface area contributed by atoms with Crippen molar-refractivity contribution in [3.05, 3.63) is 98.8 Å². The van der Waals surface area contributed by atoms with Crippen LogP contribution >= 0.6 is 0 Å². The zero-order chi connectivity index (χ0) is 24.5. The summed E-state index contributed by atoms with van der Waals surface area (Å²) >= 11 is 0. The Kier molecular flexibility index (Phi) is 6.23. The van der Waals surface area contributed by atoms with Gasteiger partial charge in [0.05, 0.1) is 16.9 Å². The van der Waals surface area contributed by atoms with Crippen LogP contribution in [0.2, 0.25) is 0 Å². The van der Waals surface area contributed by atoms with Crippen molar-refractivity contribution >= 4 is 23.0 Å². The maximum atomic E-state index is 13.0. The van der Waals surface area contributed by atoms with Crippen molar-refractivity contribution in [3.8, 4) is 0 Å². The highest BCUT2D eigenvalue weighted by molar-refractivity contribution is 5.95. The lowest BCUT2D eigenvalue weighted by Gasteiger charge is -2.20. The molecule has 10 heteroatoms. The average molecular weight is 473 g/mol. The van der Waals surface area contributed by atoms with Gasteiger partial charge in [0.2, 0.25) is 5.91 Å². The van der Waals surface area contributed by atoms with E-state index < -0.39 is 28.4 Å². The molecule has 0 radical (unpaired) electrons. The maximum absolute atomic E-state index is 13.0. The molecule has 1 amide bonds. The Bertz CT molecular complexity index is 1230. The number of nitro benzene ring substituents is 1. The van der Waals surface area contributed by atoms with E-state index in [0.29, 0.717) is 36.3 Å². The van der Waals surface area contributed by atoms with Gasteiger partial charge in [0.25, 0.3) is 5.69 Å². The van der Waals surface area contributed by atoms with E-state index in [4.69, 9.17) is 0 Å². The number of benzene rings is 3. The zero-order valence-corrected chi connectivity index (χ0v) is 17.7. The van der Waals surface area contributed by atoms with Crippen LogP contribution in [0.1, 0.15) is 22.3 Å². The second kappa shape index (κ2) is 9.12. The minimum absolute atomic E-state index is 0.0623. The molecule has 3 aromatic carbocycles. The molecule has 1 N–H and O–H groups in total. The first-order valence-corrected chi connectivity index (χ1v) is 10.4. The van der Waals surface area contributed by atoms with Crippen LogP contribution in [0.25, 0.3) is 0 Å². The highest BCUT2D eigenvalue weighted by Gasteiger charge is 2.30. The first-order valence-electron chi connectivity index (χ1n) is 10.4. The van der Waals surface area contributed by atoms with Crippen LogP contribution < -0.4 is 10.2 Å². The molecule has 6 nitrogen and oxygen atoms in total. The fourth-order valence-corrected chi connectivity index (χ4v) is 3.91. The summed E-state index contributed by atoms with van der Waals surface area (Å²) < 4.78 is 51.4. The smallest absolute Gasteiger partial charge is 0.366 e. The Labute approximate surface area is 192 Å². The van der Waals surface area contributed by atoms with Crippen molar-refractivity contribution in [1.82, 2.24) is 0 Å². The lowest BCUT2D eigenvalue weighted by Crippen LogP contribution is -2.20. The molecule has 4 rings (SSSR count). The fraction of sp³-hybridized carbons (Fsp3) is 0.208. The Balaban J connectivity index is 1.52. The van der Waals surface area contributed by atoms with Gasteiger partial charge in [-0.3, -0.25) is 14.9 Å². The van der Waals surface area contributed by atoms with Gasteiger partial charge in [0.1, 0.15) is 11.5 Å². The van der Waals surface area contributed by atoms with Crippen LogP contribution in [0.4, 0.5) is 34.6 Å². The molecule has 1 aliphatic rings. The number of alkyl halides is 3. The standard InChI is InChI=1S/C24H19F4N3O3/c25-19-7-3-15(4-8-19)11-23(32)29-20-12-17-9-10-30(21(17)13-22(20)31(33)34)14-16-1-5-18(6-2-16)24(26,27)28/h1-8,12-13H,9-11,14H2,(H,29,32). The topological polar surface area (TPSA) is 75.5 Å². The maximum Gasteiger partial charge on any atom is 0.416 e. The van der Waals surface area contributed by atoms with E-state index in [1.807, 2.05) is 4.90 Å². The number of hydrogen-bond acceptors (Lipinski definition) is 4.